The Morgan fingerprint density at radius 3 is 2.13 bits per heavy atom. The second kappa shape index (κ2) is 7.00. The summed E-state index contributed by atoms with van der Waals surface area (Å²) in [7, 11) is 0. The van der Waals surface area contributed by atoms with E-state index in [9.17, 15) is 13.2 Å². The number of halogens is 3. The molecule has 0 aliphatic carbocycles. The zero-order valence-corrected chi connectivity index (χ0v) is 13.0. The Hall–Kier alpha value is -2.08. The molecule has 2 aromatic rings. The standard InChI is InChI=1S/C17H19F3N2O/c1-11(2)15(21)10-23-16-8-5-13(9-22-16)12-3-6-14(7-4-12)17(18,19)20/h3-9,11,15H,10,21H2,1-2H3. The van der Waals surface area contributed by atoms with Crippen LogP contribution in [-0.2, 0) is 6.18 Å². The van der Waals surface area contributed by atoms with Crippen molar-refractivity contribution in [1.82, 2.24) is 4.98 Å². The number of rotatable bonds is 5. The summed E-state index contributed by atoms with van der Waals surface area (Å²) in [5, 5.41) is 0. The molecule has 124 valence electrons. The minimum atomic E-state index is -4.33. The van der Waals surface area contributed by atoms with Crippen LogP contribution < -0.4 is 10.5 Å². The Kier molecular flexibility index (Phi) is 5.26. The van der Waals surface area contributed by atoms with Crippen molar-refractivity contribution < 1.29 is 17.9 Å². The SMILES string of the molecule is CC(C)C(N)COc1ccc(-c2ccc(C(F)(F)F)cc2)cn1. The zero-order chi connectivity index (χ0) is 17.0. The Bertz CT molecular complexity index is 622. The van der Waals surface area contributed by atoms with Crippen molar-refractivity contribution >= 4 is 0 Å². The van der Waals surface area contributed by atoms with Crippen molar-refractivity contribution in [2.75, 3.05) is 6.61 Å². The third-order valence-electron chi connectivity index (χ3n) is 3.56. The van der Waals surface area contributed by atoms with Gasteiger partial charge in [0, 0.05) is 23.9 Å². The average molecular weight is 324 g/mol. The average Bonchev–Trinajstić information content (AvgIpc) is 2.52. The van der Waals surface area contributed by atoms with Crippen LogP contribution in [0.3, 0.4) is 0 Å². The highest BCUT2D eigenvalue weighted by Crippen LogP contribution is 2.31. The summed E-state index contributed by atoms with van der Waals surface area (Å²) in [5.41, 5.74) is 6.60. The molecule has 1 heterocycles. The second-order valence-corrected chi connectivity index (χ2v) is 5.68. The van der Waals surface area contributed by atoms with Crippen LogP contribution >= 0.6 is 0 Å². The zero-order valence-electron chi connectivity index (χ0n) is 13.0. The van der Waals surface area contributed by atoms with Gasteiger partial charge in [0.25, 0.3) is 0 Å². The van der Waals surface area contributed by atoms with Gasteiger partial charge in [-0.3, -0.25) is 0 Å². The van der Waals surface area contributed by atoms with E-state index in [1.54, 1.807) is 18.3 Å². The first kappa shape index (κ1) is 17.3. The van der Waals surface area contributed by atoms with Crippen LogP contribution in [0.4, 0.5) is 13.2 Å². The van der Waals surface area contributed by atoms with Crippen LogP contribution in [0.1, 0.15) is 19.4 Å². The lowest BCUT2D eigenvalue weighted by molar-refractivity contribution is -0.137. The molecule has 0 bridgehead atoms. The molecular formula is C17H19F3N2O. The molecule has 0 saturated heterocycles. The van der Waals surface area contributed by atoms with Gasteiger partial charge in [0.2, 0.25) is 5.88 Å². The highest BCUT2D eigenvalue weighted by molar-refractivity contribution is 5.63. The second-order valence-electron chi connectivity index (χ2n) is 5.68. The van der Waals surface area contributed by atoms with Crippen molar-refractivity contribution in [3.63, 3.8) is 0 Å². The molecule has 0 aliphatic heterocycles. The van der Waals surface area contributed by atoms with E-state index in [4.69, 9.17) is 10.5 Å². The third kappa shape index (κ3) is 4.69. The summed E-state index contributed by atoms with van der Waals surface area (Å²) in [6, 6.07) is 8.32. The number of hydrogen-bond acceptors (Lipinski definition) is 3. The molecule has 0 saturated carbocycles. The van der Waals surface area contributed by atoms with Gasteiger partial charge in [0.15, 0.2) is 0 Å². The molecule has 3 nitrogen and oxygen atoms in total. The number of ether oxygens (including phenoxy) is 1. The Labute approximate surface area is 133 Å². The van der Waals surface area contributed by atoms with E-state index in [0.717, 1.165) is 17.7 Å². The van der Waals surface area contributed by atoms with Crippen LogP contribution in [0.5, 0.6) is 5.88 Å². The van der Waals surface area contributed by atoms with E-state index in [0.29, 0.717) is 24.0 Å². The smallest absolute Gasteiger partial charge is 0.416 e. The Morgan fingerprint density at radius 1 is 1.04 bits per heavy atom. The first-order chi connectivity index (χ1) is 10.8. The van der Waals surface area contributed by atoms with Crippen molar-refractivity contribution in [2.45, 2.75) is 26.1 Å². The fourth-order valence-electron chi connectivity index (χ4n) is 1.86. The molecular weight excluding hydrogens is 305 g/mol. The van der Waals surface area contributed by atoms with Gasteiger partial charge in [-0.15, -0.1) is 0 Å². The van der Waals surface area contributed by atoms with E-state index in [-0.39, 0.29) is 6.04 Å². The predicted molar refractivity (Wildman–Crippen MR) is 83.0 cm³/mol. The van der Waals surface area contributed by atoms with Crippen molar-refractivity contribution in [2.24, 2.45) is 11.7 Å². The fourth-order valence-corrected chi connectivity index (χ4v) is 1.86. The first-order valence-corrected chi connectivity index (χ1v) is 7.29. The highest BCUT2D eigenvalue weighted by Gasteiger charge is 2.29. The molecule has 1 unspecified atom stereocenters. The summed E-state index contributed by atoms with van der Waals surface area (Å²) in [5.74, 6) is 0.748. The quantitative estimate of drug-likeness (QED) is 0.899. The van der Waals surface area contributed by atoms with Gasteiger partial charge in [0.1, 0.15) is 6.61 Å². The number of pyridine rings is 1. The third-order valence-corrected chi connectivity index (χ3v) is 3.56. The van der Waals surface area contributed by atoms with Gasteiger partial charge in [-0.1, -0.05) is 26.0 Å². The first-order valence-electron chi connectivity index (χ1n) is 7.29. The van der Waals surface area contributed by atoms with E-state index < -0.39 is 11.7 Å². The van der Waals surface area contributed by atoms with Crippen molar-refractivity contribution in [1.29, 1.82) is 0 Å². The normalized spacial score (nSPS) is 13.2. The van der Waals surface area contributed by atoms with Gasteiger partial charge < -0.3 is 10.5 Å². The van der Waals surface area contributed by atoms with Gasteiger partial charge in [0.05, 0.1) is 5.56 Å². The van der Waals surface area contributed by atoms with Crippen LogP contribution in [0.15, 0.2) is 42.6 Å². The predicted octanol–water partition coefficient (Wildman–Crippen LogP) is 4.13. The monoisotopic (exact) mass is 324 g/mol. The van der Waals surface area contributed by atoms with E-state index in [1.165, 1.54) is 12.1 Å². The number of nitrogens with zero attached hydrogens (tertiary/aromatic N) is 1. The van der Waals surface area contributed by atoms with E-state index in [2.05, 4.69) is 4.98 Å². The molecule has 2 rings (SSSR count). The van der Waals surface area contributed by atoms with E-state index >= 15 is 0 Å². The lowest BCUT2D eigenvalue weighted by atomic mass is 10.1. The highest BCUT2D eigenvalue weighted by atomic mass is 19.4. The Morgan fingerprint density at radius 2 is 1.65 bits per heavy atom. The van der Waals surface area contributed by atoms with Crippen LogP contribution in [0.2, 0.25) is 0 Å². The van der Waals surface area contributed by atoms with Crippen LogP contribution in [0.25, 0.3) is 11.1 Å². The Balaban J connectivity index is 2.05. The van der Waals surface area contributed by atoms with Crippen molar-refractivity contribution in [3.05, 3.63) is 48.2 Å². The molecule has 0 fully saturated rings. The number of hydrogen-bond donors (Lipinski definition) is 1. The molecule has 2 N–H and O–H groups in total. The van der Waals surface area contributed by atoms with E-state index in [1.807, 2.05) is 13.8 Å². The van der Waals surface area contributed by atoms with Crippen molar-refractivity contribution in [3.8, 4) is 17.0 Å². The molecule has 1 aromatic carbocycles. The minimum Gasteiger partial charge on any atom is -0.476 e. The van der Waals surface area contributed by atoms with Gasteiger partial charge in [-0.25, -0.2) is 4.98 Å². The summed E-state index contributed by atoms with van der Waals surface area (Å²) in [6.45, 7) is 4.38. The maximum Gasteiger partial charge on any atom is 0.416 e. The fraction of sp³-hybridized carbons (Fsp3) is 0.353. The number of alkyl halides is 3. The lowest BCUT2D eigenvalue weighted by Crippen LogP contribution is -2.33. The number of nitrogens with two attached hydrogens (primary N) is 1. The van der Waals surface area contributed by atoms with Gasteiger partial charge >= 0.3 is 6.18 Å². The minimum absolute atomic E-state index is 0.0774. The molecule has 0 aliphatic rings. The summed E-state index contributed by atoms with van der Waals surface area (Å²) >= 11 is 0. The number of benzene rings is 1. The maximum absolute atomic E-state index is 12.5. The van der Waals surface area contributed by atoms with Crippen LogP contribution in [-0.4, -0.2) is 17.6 Å². The molecule has 0 radical (unpaired) electrons. The molecule has 0 spiro atoms. The largest absolute Gasteiger partial charge is 0.476 e. The molecule has 23 heavy (non-hydrogen) atoms. The summed E-state index contributed by atoms with van der Waals surface area (Å²) in [6.07, 6.45) is -2.76. The summed E-state index contributed by atoms with van der Waals surface area (Å²) in [4.78, 5) is 4.16. The van der Waals surface area contributed by atoms with Crippen LogP contribution in [0, 0.1) is 5.92 Å². The lowest BCUT2D eigenvalue weighted by Gasteiger charge is -2.15. The molecule has 0 amide bonds. The number of aromatic nitrogens is 1. The molecule has 6 heteroatoms. The molecule has 1 aromatic heterocycles. The summed E-state index contributed by atoms with van der Waals surface area (Å²) < 4.78 is 43.1. The van der Waals surface area contributed by atoms with Gasteiger partial charge in [-0.2, -0.15) is 13.2 Å². The molecule has 1 atom stereocenters. The van der Waals surface area contributed by atoms with Gasteiger partial charge in [-0.05, 0) is 29.7 Å². The topological polar surface area (TPSA) is 48.1 Å². The maximum atomic E-state index is 12.5.